The monoisotopic (exact) mass is 314 g/mol. The normalized spacial score (nSPS) is 23.9. The number of rotatable bonds is 1. The second-order valence-electron chi connectivity index (χ2n) is 4.97. The van der Waals surface area contributed by atoms with Crippen LogP contribution in [-0.2, 0) is 4.74 Å². The molecule has 2 rings (SSSR count). The van der Waals surface area contributed by atoms with Gasteiger partial charge in [-0.05, 0) is 38.5 Å². The minimum absolute atomic E-state index is 0.0978. The molecule has 3 heteroatoms. The fourth-order valence-electron chi connectivity index (χ4n) is 2.19. The molecule has 92 valence electrons. The molecule has 1 unspecified atom stereocenters. The molecule has 0 saturated carbocycles. The van der Waals surface area contributed by atoms with E-state index in [-0.39, 0.29) is 11.7 Å². The molecule has 17 heavy (non-hydrogen) atoms. The highest BCUT2D eigenvalue weighted by molar-refractivity contribution is 9.10. The average Bonchev–Trinajstić information content (AvgIpc) is 2.26. The summed E-state index contributed by atoms with van der Waals surface area (Å²) < 4.78 is 7.16. The standard InChI is InChI=1S/C14H16BrClO/c1-9-8-12(17-14(2,3)13(9)16)10-4-6-11(15)7-5-10/h4-7,12H,8H2,1-3H3. The first-order valence-electron chi connectivity index (χ1n) is 5.69. The molecule has 1 aromatic carbocycles. The van der Waals surface area contributed by atoms with Crippen molar-refractivity contribution in [3.8, 4) is 0 Å². The zero-order chi connectivity index (χ0) is 12.6. The summed E-state index contributed by atoms with van der Waals surface area (Å²) in [5.41, 5.74) is 2.03. The molecule has 1 aliphatic heterocycles. The SMILES string of the molecule is CC1=C(Cl)C(C)(C)OC(c2ccc(Br)cc2)C1. The molecule has 0 N–H and O–H groups in total. The molecule has 0 aliphatic carbocycles. The Kier molecular flexibility index (Phi) is 3.67. The molecule has 0 saturated heterocycles. The number of halogens is 2. The van der Waals surface area contributed by atoms with E-state index >= 15 is 0 Å². The van der Waals surface area contributed by atoms with Gasteiger partial charge in [0.15, 0.2) is 0 Å². The van der Waals surface area contributed by atoms with Gasteiger partial charge in [0.1, 0.15) is 0 Å². The van der Waals surface area contributed by atoms with E-state index < -0.39 is 0 Å². The molecule has 1 heterocycles. The van der Waals surface area contributed by atoms with E-state index in [9.17, 15) is 0 Å². The van der Waals surface area contributed by atoms with Gasteiger partial charge >= 0.3 is 0 Å². The van der Waals surface area contributed by atoms with E-state index in [1.165, 1.54) is 11.1 Å². The van der Waals surface area contributed by atoms with Crippen molar-refractivity contribution in [2.45, 2.75) is 38.9 Å². The number of hydrogen-bond acceptors (Lipinski definition) is 1. The van der Waals surface area contributed by atoms with Crippen LogP contribution in [0.3, 0.4) is 0 Å². The lowest BCUT2D eigenvalue weighted by Gasteiger charge is -2.37. The fraction of sp³-hybridized carbons (Fsp3) is 0.429. The molecule has 0 fully saturated rings. The number of benzene rings is 1. The van der Waals surface area contributed by atoms with Crippen LogP contribution in [0.5, 0.6) is 0 Å². The lowest BCUT2D eigenvalue weighted by Crippen LogP contribution is -2.32. The molecular formula is C14H16BrClO. The zero-order valence-electron chi connectivity index (χ0n) is 10.3. The summed E-state index contributed by atoms with van der Waals surface area (Å²) >= 11 is 9.73. The van der Waals surface area contributed by atoms with E-state index in [2.05, 4.69) is 35.0 Å². The first kappa shape index (κ1) is 13.1. The molecule has 0 aromatic heterocycles. The van der Waals surface area contributed by atoms with Crippen molar-refractivity contribution in [2.24, 2.45) is 0 Å². The Morgan fingerprint density at radius 1 is 1.29 bits per heavy atom. The summed E-state index contributed by atoms with van der Waals surface area (Å²) in [6.45, 7) is 6.12. The van der Waals surface area contributed by atoms with Crippen LogP contribution in [0.1, 0.15) is 38.9 Å². The molecule has 1 nitrogen and oxygen atoms in total. The van der Waals surface area contributed by atoms with Crippen molar-refractivity contribution in [1.82, 2.24) is 0 Å². The highest BCUT2D eigenvalue weighted by Crippen LogP contribution is 2.42. The van der Waals surface area contributed by atoms with Gasteiger partial charge in [0.05, 0.1) is 11.7 Å². The molecule has 0 bridgehead atoms. The first-order valence-corrected chi connectivity index (χ1v) is 6.86. The largest absolute Gasteiger partial charge is 0.362 e. The number of hydrogen-bond donors (Lipinski definition) is 0. The molecule has 0 amide bonds. The van der Waals surface area contributed by atoms with Gasteiger partial charge in [-0.25, -0.2) is 0 Å². The smallest absolute Gasteiger partial charge is 0.0988 e. The Morgan fingerprint density at radius 2 is 1.88 bits per heavy atom. The van der Waals surface area contributed by atoms with E-state index in [0.717, 1.165) is 15.9 Å². The Balaban J connectivity index is 2.29. The van der Waals surface area contributed by atoms with Crippen LogP contribution in [-0.4, -0.2) is 5.60 Å². The van der Waals surface area contributed by atoms with Crippen LogP contribution in [0.25, 0.3) is 0 Å². The third kappa shape index (κ3) is 2.75. The van der Waals surface area contributed by atoms with Gasteiger partial charge in [0.25, 0.3) is 0 Å². The molecule has 1 aliphatic rings. The van der Waals surface area contributed by atoms with Crippen molar-refractivity contribution in [3.05, 3.63) is 44.9 Å². The maximum Gasteiger partial charge on any atom is 0.0988 e. The Hall–Kier alpha value is -0.310. The maximum absolute atomic E-state index is 6.28. The molecular weight excluding hydrogens is 300 g/mol. The third-order valence-electron chi connectivity index (χ3n) is 3.07. The van der Waals surface area contributed by atoms with Crippen molar-refractivity contribution < 1.29 is 4.74 Å². The predicted molar refractivity (Wildman–Crippen MR) is 75.2 cm³/mol. The van der Waals surface area contributed by atoms with Crippen molar-refractivity contribution >= 4 is 27.5 Å². The lowest BCUT2D eigenvalue weighted by molar-refractivity contribution is -0.0563. The zero-order valence-corrected chi connectivity index (χ0v) is 12.6. The second kappa shape index (κ2) is 4.75. The van der Waals surface area contributed by atoms with E-state index in [1.807, 2.05) is 26.0 Å². The van der Waals surface area contributed by atoms with Crippen LogP contribution in [0.4, 0.5) is 0 Å². The van der Waals surface area contributed by atoms with Crippen molar-refractivity contribution in [1.29, 1.82) is 0 Å². The lowest BCUT2D eigenvalue weighted by atomic mass is 9.93. The van der Waals surface area contributed by atoms with Crippen molar-refractivity contribution in [2.75, 3.05) is 0 Å². The summed E-state index contributed by atoms with van der Waals surface area (Å²) in [5.74, 6) is 0. The topological polar surface area (TPSA) is 9.23 Å². The van der Waals surface area contributed by atoms with Gasteiger partial charge < -0.3 is 4.74 Å². The first-order chi connectivity index (χ1) is 7.90. The third-order valence-corrected chi connectivity index (χ3v) is 4.38. The van der Waals surface area contributed by atoms with Gasteiger partial charge in [-0.2, -0.15) is 0 Å². The van der Waals surface area contributed by atoms with Crippen LogP contribution in [0.15, 0.2) is 39.3 Å². The van der Waals surface area contributed by atoms with Gasteiger partial charge in [0, 0.05) is 15.9 Å². The second-order valence-corrected chi connectivity index (χ2v) is 6.26. The average molecular weight is 316 g/mol. The maximum atomic E-state index is 6.28. The predicted octanol–water partition coefficient (Wildman–Crippen LogP) is 5.20. The quantitative estimate of drug-likeness (QED) is 0.692. The van der Waals surface area contributed by atoms with E-state index in [0.29, 0.717) is 0 Å². The fourth-order valence-corrected chi connectivity index (χ4v) is 2.58. The Bertz CT molecular complexity index is 448. The Labute approximate surface area is 116 Å². The highest BCUT2D eigenvalue weighted by Gasteiger charge is 2.34. The summed E-state index contributed by atoms with van der Waals surface area (Å²) in [6.07, 6.45) is 0.963. The van der Waals surface area contributed by atoms with Gasteiger partial charge in [0.2, 0.25) is 0 Å². The molecule has 1 atom stereocenters. The van der Waals surface area contributed by atoms with E-state index in [1.54, 1.807) is 0 Å². The number of ether oxygens (including phenoxy) is 1. The van der Waals surface area contributed by atoms with Gasteiger partial charge in [-0.1, -0.05) is 45.2 Å². The summed E-state index contributed by atoms with van der Waals surface area (Å²) in [4.78, 5) is 0. The highest BCUT2D eigenvalue weighted by atomic mass is 79.9. The minimum atomic E-state index is -0.387. The van der Waals surface area contributed by atoms with Crippen LogP contribution in [0, 0.1) is 0 Å². The summed E-state index contributed by atoms with van der Waals surface area (Å²) in [5, 5.41) is 0.839. The summed E-state index contributed by atoms with van der Waals surface area (Å²) in [7, 11) is 0. The van der Waals surface area contributed by atoms with Crippen LogP contribution in [0.2, 0.25) is 0 Å². The van der Waals surface area contributed by atoms with Crippen LogP contribution >= 0.6 is 27.5 Å². The molecule has 1 aromatic rings. The van der Waals surface area contributed by atoms with E-state index in [4.69, 9.17) is 16.3 Å². The molecule has 0 radical (unpaired) electrons. The Morgan fingerprint density at radius 3 is 2.41 bits per heavy atom. The molecule has 0 spiro atoms. The minimum Gasteiger partial charge on any atom is -0.362 e. The van der Waals surface area contributed by atoms with Gasteiger partial charge in [-0.15, -0.1) is 0 Å². The summed E-state index contributed by atoms with van der Waals surface area (Å²) in [6, 6.07) is 8.27. The van der Waals surface area contributed by atoms with Crippen molar-refractivity contribution in [3.63, 3.8) is 0 Å². The van der Waals surface area contributed by atoms with Crippen LogP contribution < -0.4 is 0 Å². The van der Waals surface area contributed by atoms with Gasteiger partial charge in [-0.3, -0.25) is 0 Å².